The number of anilines is 1. The number of nitrogens with one attached hydrogen (secondary N) is 1. The first-order chi connectivity index (χ1) is 14.9. The molecule has 0 heterocycles. The Hall–Kier alpha value is -1.62. The summed E-state index contributed by atoms with van der Waals surface area (Å²) in [5.41, 5.74) is -0.393. The molecule has 0 aliphatic rings. The van der Waals surface area contributed by atoms with Crippen LogP contribution < -0.4 is 9.62 Å². The van der Waals surface area contributed by atoms with Crippen molar-refractivity contribution in [2.45, 2.75) is 18.3 Å². The molecular weight excluding hydrogens is 508 g/mol. The molecule has 12 heteroatoms. The van der Waals surface area contributed by atoms with E-state index in [1.165, 1.54) is 0 Å². The van der Waals surface area contributed by atoms with Crippen LogP contribution in [0.25, 0.3) is 0 Å². The third-order valence-electron chi connectivity index (χ3n) is 4.18. The van der Waals surface area contributed by atoms with Gasteiger partial charge in [0.15, 0.2) is 0 Å². The zero-order valence-corrected chi connectivity index (χ0v) is 20.1. The fraction of sp³-hybridized carbons (Fsp3) is 0.350. The molecule has 0 radical (unpaired) electrons. The molecule has 176 valence electrons. The van der Waals surface area contributed by atoms with Crippen LogP contribution in [-0.2, 0) is 26.7 Å². The Morgan fingerprint density at radius 1 is 1.16 bits per heavy atom. The van der Waals surface area contributed by atoms with Gasteiger partial charge in [-0.3, -0.25) is 9.10 Å². The zero-order valence-electron chi connectivity index (χ0n) is 17.0. The molecule has 2 aromatic carbocycles. The Morgan fingerprint density at radius 2 is 1.88 bits per heavy atom. The van der Waals surface area contributed by atoms with Crippen molar-refractivity contribution in [3.8, 4) is 0 Å². The number of rotatable bonds is 10. The minimum Gasteiger partial charge on any atom is -0.354 e. The molecule has 5 nitrogen and oxygen atoms in total. The maximum atomic E-state index is 13.1. The predicted octanol–water partition coefficient (Wildman–Crippen LogP) is 5.22. The second kappa shape index (κ2) is 11.5. The topological polar surface area (TPSA) is 66.5 Å². The summed E-state index contributed by atoms with van der Waals surface area (Å²) in [4.78, 5) is 12.2. The number of carbonyl (C=O) groups is 1. The Bertz CT molecular complexity index is 1050. The standard InChI is InChI=1S/C20H21Cl2F3N2O3S2/c1-32(29,30)27(16-6-7-18(22)17(11-16)20(23,24)25)12-19(28)26-8-3-9-31-13-14-4-2-5-15(21)10-14/h2,4-7,10-11H,3,8-9,12-13H2,1H3,(H,26,28). The third kappa shape index (κ3) is 8.38. The van der Waals surface area contributed by atoms with Gasteiger partial charge < -0.3 is 5.32 Å². The van der Waals surface area contributed by atoms with Crippen molar-refractivity contribution in [1.29, 1.82) is 0 Å². The normalized spacial score (nSPS) is 11.9. The summed E-state index contributed by atoms with van der Waals surface area (Å²) in [6.07, 6.45) is -3.31. The summed E-state index contributed by atoms with van der Waals surface area (Å²) >= 11 is 13.2. The van der Waals surface area contributed by atoms with Gasteiger partial charge in [0.05, 0.1) is 22.5 Å². The number of thioether (sulfide) groups is 1. The van der Waals surface area contributed by atoms with Crippen molar-refractivity contribution in [3.05, 3.63) is 63.6 Å². The average Bonchev–Trinajstić information content (AvgIpc) is 2.68. The number of hydrogen-bond acceptors (Lipinski definition) is 4. The van der Waals surface area contributed by atoms with Gasteiger partial charge in [-0.15, -0.1) is 0 Å². The van der Waals surface area contributed by atoms with E-state index in [1.54, 1.807) is 17.8 Å². The largest absolute Gasteiger partial charge is 0.417 e. The molecule has 0 aromatic heterocycles. The Morgan fingerprint density at radius 3 is 2.50 bits per heavy atom. The number of sulfonamides is 1. The molecule has 0 saturated heterocycles. The van der Waals surface area contributed by atoms with E-state index in [-0.39, 0.29) is 5.69 Å². The summed E-state index contributed by atoms with van der Waals surface area (Å²) < 4.78 is 64.1. The van der Waals surface area contributed by atoms with Gasteiger partial charge in [-0.2, -0.15) is 24.9 Å². The van der Waals surface area contributed by atoms with E-state index >= 15 is 0 Å². The summed E-state index contributed by atoms with van der Waals surface area (Å²) in [5.74, 6) is 0.877. The molecule has 0 saturated carbocycles. The molecule has 0 bridgehead atoms. The molecule has 0 aliphatic heterocycles. The Balaban J connectivity index is 1.90. The van der Waals surface area contributed by atoms with E-state index in [1.807, 2.05) is 18.2 Å². The molecule has 0 atom stereocenters. The first kappa shape index (κ1) is 26.6. The highest BCUT2D eigenvalue weighted by Gasteiger charge is 2.34. The van der Waals surface area contributed by atoms with Crippen LogP contribution >= 0.6 is 35.0 Å². The minimum atomic E-state index is -4.76. The highest BCUT2D eigenvalue weighted by atomic mass is 35.5. The average molecular weight is 529 g/mol. The highest BCUT2D eigenvalue weighted by molar-refractivity contribution is 7.98. The van der Waals surface area contributed by atoms with Crippen molar-refractivity contribution in [2.24, 2.45) is 0 Å². The zero-order chi connectivity index (χ0) is 23.9. The molecule has 2 aromatic rings. The molecule has 2 rings (SSSR count). The number of benzene rings is 2. The predicted molar refractivity (Wildman–Crippen MR) is 124 cm³/mol. The number of halogens is 5. The number of carbonyl (C=O) groups excluding carboxylic acids is 1. The fourth-order valence-electron chi connectivity index (χ4n) is 2.69. The van der Waals surface area contributed by atoms with Crippen LogP contribution in [0.1, 0.15) is 17.5 Å². The summed E-state index contributed by atoms with van der Waals surface area (Å²) in [6.45, 7) is -0.346. The maximum absolute atomic E-state index is 13.1. The second-order valence-electron chi connectivity index (χ2n) is 6.82. The summed E-state index contributed by atoms with van der Waals surface area (Å²) in [5, 5.41) is 2.69. The number of amides is 1. The molecule has 1 amide bonds. The van der Waals surface area contributed by atoms with E-state index in [0.717, 1.165) is 35.5 Å². The van der Waals surface area contributed by atoms with Crippen molar-refractivity contribution < 1.29 is 26.4 Å². The number of alkyl halides is 3. The lowest BCUT2D eigenvalue weighted by Crippen LogP contribution is -2.40. The van der Waals surface area contributed by atoms with Crippen LogP contribution in [-0.4, -0.2) is 39.4 Å². The molecule has 32 heavy (non-hydrogen) atoms. The Labute approximate surface area is 199 Å². The maximum Gasteiger partial charge on any atom is 0.417 e. The van der Waals surface area contributed by atoms with Crippen LogP contribution in [0.3, 0.4) is 0 Å². The van der Waals surface area contributed by atoms with Gasteiger partial charge >= 0.3 is 6.18 Å². The van der Waals surface area contributed by atoms with Crippen LogP contribution in [0.4, 0.5) is 18.9 Å². The molecule has 0 aliphatic carbocycles. The van der Waals surface area contributed by atoms with Crippen molar-refractivity contribution in [2.75, 3.05) is 29.4 Å². The highest BCUT2D eigenvalue weighted by Crippen LogP contribution is 2.37. The molecule has 0 unspecified atom stereocenters. The quantitative estimate of drug-likeness (QED) is 0.429. The molecule has 0 fully saturated rings. The van der Waals surface area contributed by atoms with Crippen LogP contribution in [0.5, 0.6) is 0 Å². The first-order valence-corrected chi connectivity index (χ1v) is 13.1. The minimum absolute atomic E-state index is 0.295. The van der Waals surface area contributed by atoms with Crippen molar-refractivity contribution in [3.63, 3.8) is 0 Å². The first-order valence-electron chi connectivity index (χ1n) is 9.31. The lowest BCUT2D eigenvalue weighted by Gasteiger charge is -2.23. The van der Waals surface area contributed by atoms with Crippen LogP contribution in [0, 0.1) is 0 Å². The van der Waals surface area contributed by atoms with Gasteiger partial charge in [-0.1, -0.05) is 35.3 Å². The monoisotopic (exact) mass is 528 g/mol. The Kier molecular flexibility index (Phi) is 9.56. The lowest BCUT2D eigenvalue weighted by atomic mass is 10.2. The second-order valence-corrected chi connectivity index (χ2v) is 10.7. The van der Waals surface area contributed by atoms with Gasteiger partial charge in [-0.05, 0) is 48.1 Å². The van der Waals surface area contributed by atoms with E-state index < -0.39 is 39.2 Å². The van der Waals surface area contributed by atoms with Gasteiger partial charge in [0.1, 0.15) is 6.54 Å². The lowest BCUT2D eigenvalue weighted by molar-refractivity contribution is -0.137. The van der Waals surface area contributed by atoms with Gasteiger partial charge in [-0.25, -0.2) is 8.42 Å². The van der Waals surface area contributed by atoms with E-state index in [9.17, 15) is 26.4 Å². The fourth-order valence-corrected chi connectivity index (χ4v) is 4.88. The van der Waals surface area contributed by atoms with Gasteiger partial charge in [0.2, 0.25) is 15.9 Å². The van der Waals surface area contributed by atoms with Gasteiger partial charge in [0, 0.05) is 17.3 Å². The van der Waals surface area contributed by atoms with E-state index in [2.05, 4.69) is 5.32 Å². The third-order valence-corrected chi connectivity index (χ3v) is 7.00. The number of nitrogens with zero attached hydrogens (tertiary/aromatic N) is 1. The SMILES string of the molecule is CS(=O)(=O)N(CC(=O)NCCCSCc1cccc(Cl)c1)c1ccc(Cl)c(C(F)(F)F)c1. The van der Waals surface area contributed by atoms with E-state index in [0.29, 0.717) is 28.4 Å². The molecule has 0 spiro atoms. The summed E-state index contributed by atoms with van der Waals surface area (Å²) in [6, 6.07) is 10.2. The number of hydrogen-bond donors (Lipinski definition) is 1. The smallest absolute Gasteiger partial charge is 0.354 e. The summed E-state index contributed by atoms with van der Waals surface area (Å²) in [7, 11) is -4.01. The van der Waals surface area contributed by atoms with Crippen molar-refractivity contribution in [1.82, 2.24) is 5.32 Å². The van der Waals surface area contributed by atoms with Crippen molar-refractivity contribution >= 4 is 56.6 Å². The van der Waals surface area contributed by atoms with Crippen LogP contribution in [0.2, 0.25) is 10.0 Å². The molecular formula is C20H21Cl2F3N2O3S2. The van der Waals surface area contributed by atoms with E-state index in [4.69, 9.17) is 23.2 Å². The van der Waals surface area contributed by atoms with Gasteiger partial charge in [0.25, 0.3) is 0 Å². The molecule has 1 N–H and O–H groups in total. The van der Waals surface area contributed by atoms with Crippen LogP contribution in [0.15, 0.2) is 42.5 Å².